The molecule has 0 aliphatic rings. The summed E-state index contributed by atoms with van der Waals surface area (Å²) in [5, 5.41) is 13.7. The Labute approximate surface area is 161 Å². The first-order valence-corrected chi connectivity index (χ1v) is 9.43. The molecule has 2 N–H and O–H groups in total. The van der Waals surface area contributed by atoms with Crippen LogP contribution in [-0.2, 0) is 13.6 Å². The summed E-state index contributed by atoms with van der Waals surface area (Å²) in [6.45, 7) is 8.66. The number of aromatic hydroxyl groups is 1. The summed E-state index contributed by atoms with van der Waals surface area (Å²) < 4.78 is 2.03. The van der Waals surface area contributed by atoms with Crippen LogP contribution >= 0.6 is 0 Å². The maximum Gasteiger partial charge on any atom is 0.203 e. The minimum absolute atomic E-state index is 0.305. The number of anilines is 2. The highest BCUT2D eigenvalue weighted by molar-refractivity contribution is 5.62. The van der Waals surface area contributed by atoms with Crippen molar-refractivity contribution >= 4 is 11.6 Å². The highest BCUT2D eigenvalue weighted by Crippen LogP contribution is 2.26. The third-order valence-corrected chi connectivity index (χ3v) is 4.97. The molecule has 0 aliphatic heterocycles. The van der Waals surface area contributed by atoms with Crippen LogP contribution < -0.4 is 10.2 Å². The third-order valence-electron chi connectivity index (χ3n) is 4.97. The van der Waals surface area contributed by atoms with E-state index in [0.29, 0.717) is 12.3 Å². The zero-order chi connectivity index (χ0) is 19.4. The molecule has 0 atom stereocenters. The van der Waals surface area contributed by atoms with Gasteiger partial charge in [0.1, 0.15) is 5.75 Å². The van der Waals surface area contributed by atoms with Gasteiger partial charge in [-0.05, 0) is 32.4 Å². The summed E-state index contributed by atoms with van der Waals surface area (Å²) in [6, 6.07) is 14.3. The van der Waals surface area contributed by atoms with E-state index in [1.165, 1.54) is 5.56 Å². The zero-order valence-electron chi connectivity index (χ0n) is 16.5. The number of aryl methyl sites for hydroxylation is 1. The molecule has 5 heteroatoms. The van der Waals surface area contributed by atoms with E-state index in [0.717, 1.165) is 41.5 Å². The summed E-state index contributed by atoms with van der Waals surface area (Å²) in [5.41, 5.74) is 5.32. The molecule has 0 amide bonds. The molecule has 0 saturated carbocycles. The highest BCUT2D eigenvalue weighted by atomic mass is 16.3. The average Bonchev–Trinajstić information content (AvgIpc) is 3.03. The number of phenols is 1. The van der Waals surface area contributed by atoms with E-state index in [-0.39, 0.29) is 0 Å². The number of rotatable bonds is 7. The maximum atomic E-state index is 10.4. The first kappa shape index (κ1) is 18.8. The number of imidazole rings is 1. The third kappa shape index (κ3) is 4.08. The van der Waals surface area contributed by atoms with Crippen molar-refractivity contribution in [3.8, 4) is 17.0 Å². The number of aromatic nitrogens is 2. The van der Waals surface area contributed by atoms with Gasteiger partial charge in [0.25, 0.3) is 0 Å². The van der Waals surface area contributed by atoms with E-state index in [2.05, 4.69) is 66.3 Å². The molecule has 3 rings (SSSR count). The molecule has 0 fully saturated rings. The predicted octanol–water partition coefficient (Wildman–Crippen LogP) is 4.56. The van der Waals surface area contributed by atoms with Gasteiger partial charge in [-0.25, -0.2) is 4.98 Å². The van der Waals surface area contributed by atoms with Gasteiger partial charge >= 0.3 is 0 Å². The second-order valence-corrected chi connectivity index (χ2v) is 6.73. The smallest absolute Gasteiger partial charge is 0.203 e. The lowest BCUT2D eigenvalue weighted by molar-refractivity contribution is 0.469. The summed E-state index contributed by atoms with van der Waals surface area (Å²) >= 11 is 0. The Kier molecular flexibility index (Phi) is 5.69. The molecular formula is C22H28N4O. The van der Waals surface area contributed by atoms with Crippen LogP contribution in [0.2, 0.25) is 0 Å². The summed E-state index contributed by atoms with van der Waals surface area (Å²) in [6.07, 6.45) is 1.87. The van der Waals surface area contributed by atoms with E-state index in [9.17, 15) is 5.11 Å². The van der Waals surface area contributed by atoms with Crippen LogP contribution in [0.25, 0.3) is 11.3 Å². The Morgan fingerprint density at radius 2 is 1.78 bits per heavy atom. The van der Waals surface area contributed by atoms with Crippen molar-refractivity contribution in [2.75, 3.05) is 23.3 Å². The second kappa shape index (κ2) is 8.16. The maximum absolute atomic E-state index is 10.4. The van der Waals surface area contributed by atoms with Crippen LogP contribution in [0, 0.1) is 6.92 Å². The fourth-order valence-electron chi connectivity index (χ4n) is 3.23. The zero-order valence-corrected chi connectivity index (χ0v) is 16.5. The van der Waals surface area contributed by atoms with E-state index in [1.807, 2.05) is 29.9 Å². The number of benzene rings is 2. The van der Waals surface area contributed by atoms with Crippen LogP contribution in [0.5, 0.6) is 5.75 Å². The van der Waals surface area contributed by atoms with Crippen LogP contribution in [-0.4, -0.2) is 27.7 Å². The van der Waals surface area contributed by atoms with Gasteiger partial charge in [0.05, 0.1) is 11.9 Å². The lowest BCUT2D eigenvalue weighted by Gasteiger charge is -2.21. The minimum atomic E-state index is 0.305. The lowest BCUT2D eigenvalue weighted by Crippen LogP contribution is -2.21. The van der Waals surface area contributed by atoms with Crippen LogP contribution in [0.4, 0.5) is 11.6 Å². The molecular weight excluding hydrogens is 336 g/mol. The largest absolute Gasteiger partial charge is 0.508 e. The van der Waals surface area contributed by atoms with Gasteiger partial charge in [-0.1, -0.05) is 35.9 Å². The van der Waals surface area contributed by atoms with Crippen molar-refractivity contribution in [2.45, 2.75) is 27.3 Å². The van der Waals surface area contributed by atoms with Crippen molar-refractivity contribution in [3.05, 3.63) is 59.8 Å². The Morgan fingerprint density at radius 3 is 2.41 bits per heavy atom. The Bertz CT molecular complexity index is 895. The number of hydrogen-bond donors (Lipinski definition) is 2. The minimum Gasteiger partial charge on any atom is -0.508 e. The van der Waals surface area contributed by atoms with Gasteiger partial charge in [-0.2, -0.15) is 0 Å². The Morgan fingerprint density at radius 1 is 1.07 bits per heavy atom. The molecule has 2 aromatic carbocycles. The molecule has 0 aliphatic carbocycles. The summed E-state index contributed by atoms with van der Waals surface area (Å²) in [5.74, 6) is 1.08. The van der Waals surface area contributed by atoms with Crippen LogP contribution in [0.15, 0.2) is 48.7 Å². The molecule has 27 heavy (non-hydrogen) atoms. The normalized spacial score (nSPS) is 10.8. The fourth-order valence-corrected chi connectivity index (χ4v) is 3.23. The molecule has 1 heterocycles. The predicted molar refractivity (Wildman–Crippen MR) is 112 cm³/mol. The van der Waals surface area contributed by atoms with E-state index < -0.39 is 0 Å². The fraction of sp³-hybridized carbons (Fsp3) is 0.318. The Hall–Kier alpha value is -2.95. The molecule has 0 spiro atoms. The number of phenolic OH excluding ortho intramolecular Hbond substituents is 1. The van der Waals surface area contributed by atoms with Gasteiger partial charge in [-0.3, -0.25) is 0 Å². The van der Waals surface area contributed by atoms with Gasteiger partial charge in [0, 0.05) is 44.0 Å². The van der Waals surface area contributed by atoms with E-state index >= 15 is 0 Å². The average molecular weight is 364 g/mol. The first-order valence-electron chi connectivity index (χ1n) is 9.43. The quantitative estimate of drug-likeness (QED) is 0.645. The topological polar surface area (TPSA) is 53.3 Å². The van der Waals surface area contributed by atoms with Crippen molar-refractivity contribution in [2.24, 2.45) is 7.05 Å². The van der Waals surface area contributed by atoms with Crippen molar-refractivity contribution < 1.29 is 5.11 Å². The number of nitrogens with zero attached hydrogens (tertiary/aromatic N) is 3. The number of hydrogen-bond acceptors (Lipinski definition) is 4. The van der Waals surface area contributed by atoms with Crippen LogP contribution in [0.3, 0.4) is 0 Å². The standard InChI is InChI=1S/C22H28N4O/c1-5-26(6-2)19-12-11-18(21(27)13-19)14-23-22-24-15-20(25(22)4)17-9-7-16(3)8-10-17/h7-13,15,27H,5-6,14H2,1-4H3,(H,23,24). The molecule has 0 unspecified atom stereocenters. The highest BCUT2D eigenvalue weighted by Gasteiger charge is 2.10. The van der Waals surface area contributed by atoms with Crippen LogP contribution in [0.1, 0.15) is 25.0 Å². The Balaban J connectivity index is 1.73. The second-order valence-electron chi connectivity index (χ2n) is 6.73. The molecule has 0 saturated heterocycles. The molecule has 0 radical (unpaired) electrons. The van der Waals surface area contributed by atoms with E-state index in [1.54, 1.807) is 0 Å². The molecule has 1 aromatic heterocycles. The van der Waals surface area contributed by atoms with Gasteiger partial charge < -0.3 is 19.9 Å². The first-order chi connectivity index (χ1) is 13.0. The molecule has 3 aromatic rings. The van der Waals surface area contributed by atoms with Gasteiger partial charge in [0.15, 0.2) is 0 Å². The lowest BCUT2D eigenvalue weighted by atomic mass is 10.1. The van der Waals surface area contributed by atoms with Crippen molar-refractivity contribution in [1.29, 1.82) is 0 Å². The van der Waals surface area contributed by atoms with Gasteiger partial charge in [-0.15, -0.1) is 0 Å². The number of nitrogens with one attached hydrogen (secondary N) is 1. The monoisotopic (exact) mass is 364 g/mol. The summed E-state index contributed by atoms with van der Waals surface area (Å²) in [4.78, 5) is 6.71. The van der Waals surface area contributed by atoms with Crippen molar-refractivity contribution in [3.63, 3.8) is 0 Å². The van der Waals surface area contributed by atoms with E-state index in [4.69, 9.17) is 0 Å². The molecule has 5 nitrogen and oxygen atoms in total. The molecule has 142 valence electrons. The van der Waals surface area contributed by atoms with Crippen molar-refractivity contribution in [1.82, 2.24) is 9.55 Å². The SMILES string of the molecule is CCN(CC)c1ccc(CNc2ncc(-c3ccc(C)cc3)n2C)c(O)c1. The summed E-state index contributed by atoms with van der Waals surface area (Å²) in [7, 11) is 1.99. The van der Waals surface area contributed by atoms with Gasteiger partial charge in [0.2, 0.25) is 5.95 Å². The molecule has 0 bridgehead atoms.